The highest BCUT2D eigenvalue weighted by molar-refractivity contribution is 4.90. The van der Waals surface area contributed by atoms with Gasteiger partial charge < -0.3 is 15.0 Å². The van der Waals surface area contributed by atoms with Crippen LogP contribution < -0.4 is 5.32 Å². The van der Waals surface area contributed by atoms with Gasteiger partial charge in [0.05, 0.1) is 6.61 Å². The minimum absolute atomic E-state index is 0.0999. The number of aliphatic hydroxyl groups excluding tert-OH is 1. The smallest absolute Gasteiger partial charge is 0.105 e. The zero-order valence-electron chi connectivity index (χ0n) is 9.07. The van der Waals surface area contributed by atoms with Crippen LogP contribution in [0.4, 0.5) is 0 Å². The Hall–Kier alpha value is -0.870. The molecule has 1 aromatic heterocycles. The highest BCUT2D eigenvalue weighted by Gasteiger charge is 2.09. The molecule has 0 amide bonds. The second-order valence-corrected chi connectivity index (χ2v) is 3.83. The first-order chi connectivity index (χ1) is 6.63. The van der Waals surface area contributed by atoms with Crippen molar-refractivity contribution in [3.63, 3.8) is 0 Å². The maximum Gasteiger partial charge on any atom is 0.105 e. The van der Waals surface area contributed by atoms with Gasteiger partial charge in [0.15, 0.2) is 0 Å². The third-order valence-electron chi connectivity index (χ3n) is 2.13. The summed E-state index contributed by atoms with van der Waals surface area (Å²) in [6, 6.07) is 0.485. The van der Waals surface area contributed by atoms with Crippen molar-refractivity contribution >= 4 is 0 Å². The fourth-order valence-electron chi connectivity index (χ4n) is 1.47. The summed E-state index contributed by atoms with van der Waals surface area (Å²) in [4.78, 5) is 4.14. The Morgan fingerprint density at radius 2 is 2.29 bits per heavy atom. The quantitative estimate of drug-likeness (QED) is 0.725. The van der Waals surface area contributed by atoms with Gasteiger partial charge >= 0.3 is 0 Å². The van der Waals surface area contributed by atoms with Gasteiger partial charge in [0.25, 0.3) is 0 Å². The SMILES string of the molecule is Cc1nccn1CC(CO)NC(C)C. The van der Waals surface area contributed by atoms with Crippen LogP contribution in [0.3, 0.4) is 0 Å². The van der Waals surface area contributed by atoms with Crippen molar-refractivity contribution in [2.75, 3.05) is 6.61 Å². The van der Waals surface area contributed by atoms with E-state index in [1.807, 2.05) is 17.7 Å². The van der Waals surface area contributed by atoms with E-state index in [4.69, 9.17) is 5.11 Å². The Bertz CT molecular complexity index is 270. The van der Waals surface area contributed by atoms with Crippen LogP contribution in [0.1, 0.15) is 19.7 Å². The van der Waals surface area contributed by atoms with Crippen molar-refractivity contribution in [1.82, 2.24) is 14.9 Å². The molecule has 0 aliphatic carbocycles. The third kappa shape index (κ3) is 3.12. The van der Waals surface area contributed by atoms with Gasteiger partial charge in [-0.15, -0.1) is 0 Å². The van der Waals surface area contributed by atoms with Crippen LogP contribution in [-0.2, 0) is 6.54 Å². The lowest BCUT2D eigenvalue weighted by atomic mass is 10.2. The molecule has 2 N–H and O–H groups in total. The van der Waals surface area contributed by atoms with Gasteiger partial charge in [-0.25, -0.2) is 4.98 Å². The molecule has 0 saturated carbocycles. The second-order valence-electron chi connectivity index (χ2n) is 3.83. The lowest BCUT2D eigenvalue weighted by molar-refractivity contribution is 0.221. The van der Waals surface area contributed by atoms with E-state index in [0.717, 1.165) is 12.4 Å². The fraction of sp³-hybridized carbons (Fsp3) is 0.700. The van der Waals surface area contributed by atoms with Gasteiger partial charge in [-0.2, -0.15) is 0 Å². The molecule has 0 aromatic carbocycles. The number of rotatable bonds is 5. The van der Waals surface area contributed by atoms with Crippen molar-refractivity contribution in [2.24, 2.45) is 0 Å². The number of hydrogen-bond acceptors (Lipinski definition) is 3. The first-order valence-electron chi connectivity index (χ1n) is 4.98. The molecule has 1 rings (SSSR count). The Morgan fingerprint density at radius 1 is 1.57 bits per heavy atom. The van der Waals surface area contributed by atoms with Gasteiger partial charge in [0.1, 0.15) is 5.82 Å². The molecule has 1 aromatic rings. The summed E-state index contributed by atoms with van der Waals surface area (Å²) in [5, 5.41) is 12.5. The number of aryl methyl sites for hydroxylation is 1. The molecule has 0 bridgehead atoms. The van der Waals surface area contributed by atoms with Crippen LogP contribution in [0.2, 0.25) is 0 Å². The van der Waals surface area contributed by atoms with Crippen molar-refractivity contribution in [1.29, 1.82) is 0 Å². The maximum absolute atomic E-state index is 9.17. The molecule has 0 spiro atoms. The maximum atomic E-state index is 9.17. The summed E-state index contributed by atoms with van der Waals surface area (Å²) >= 11 is 0. The number of nitrogens with one attached hydrogen (secondary N) is 1. The summed E-state index contributed by atoms with van der Waals surface area (Å²) in [6.07, 6.45) is 3.71. The van der Waals surface area contributed by atoms with E-state index >= 15 is 0 Å². The van der Waals surface area contributed by atoms with Gasteiger partial charge in [-0.1, -0.05) is 13.8 Å². The zero-order chi connectivity index (χ0) is 10.6. The minimum atomic E-state index is 0.0999. The van der Waals surface area contributed by atoms with Crippen LogP contribution in [0.15, 0.2) is 12.4 Å². The molecule has 14 heavy (non-hydrogen) atoms. The van der Waals surface area contributed by atoms with Crippen molar-refractivity contribution in [2.45, 2.75) is 39.4 Å². The Kier molecular flexibility index (Phi) is 4.10. The van der Waals surface area contributed by atoms with E-state index in [9.17, 15) is 0 Å². The van der Waals surface area contributed by atoms with E-state index in [0.29, 0.717) is 6.04 Å². The molecule has 0 fully saturated rings. The molecule has 4 nitrogen and oxygen atoms in total. The summed E-state index contributed by atoms with van der Waals surface area (Å²) in [6.45, 7) is 7.02. The number of aromatic nitrogens is 2. The first kappa shape index (κ1) is 11.2. The number of nitrogens with zero attached hydrogens (tertiary/aromatic N) is 2. The van der Waals surface area contributed by atoms with E-state index in [1.165, 1.54) is 0 Å². The highest BCUT2D eigenvalue weighted by Crippen LogP contribution is 1.98. The molecule has 1 unspecified atom stereocenters. The molecular weight excluding hydrogens is 178 g/mol. The zero-order valence-corrected chi connectivity index (χ0v) is 9.07. The molecule has 4 heteroatoms. The van der Waals surface area contributed by atoms with Crippen molar-refractivity contribution < 1.29 is 5.11 Å². The molecule has 1 atom stereocenters. The average Bonchev–Trinajstić information content (AvgIpc) is 2.50. The predicted octanol–water partition coefficient (Wildman–Crippen LogP) is 0.550. The highest BCUT2D eigenvalue weighted by atomic mass is 16.3. The molecule has 0 radical (unpaired) electrons. The monoisotopic (exact) mass is 197 g/mol. The summed E-state index contributed by atoms with van der Waals surface area (Å²) < 4.78 is 2.04. The minimum Gasteiger partial charge on any atom is -0.395 e. The van der Waals surface area contributed by atoms with Crippen LogP contribution >= 0.6 is 0 Å². The van der Waals surface area contributed by atoms with Gasteiger partial charge in [0.2, 0.25) is 0 Å². The average molecular weight is 197 g/mol. The van der Waals surface area contributed by atoms with Crippen LogP contribution in [0, 0.1) is 6.92 Å². The Balaban J connectivity index is 2.52. The van der Waals surface area contributed by atoms with Crippen LogP contribution in [0.25, 0.3) is 0 Å². The topological polar surface area (TPSA) is 50.1 Å². The summed E-state index contributed by atoms with van der Waals surface area (Å²) in [5.74, 6) is 0.981. The Labute approximate surface area is 85.0 Å². The standard InChI is InChI=1S/C10H19N3O/c1-8(2)12-10(7-14)6-13-5-4-11-9(13)3/h4-5,8,10,12,14H,6-7H2,1-3H3. The third-order valence-corrected chi connectivity index (χ3v) is 2.13. The normalized spacial score (nSPS) is 13.5. The van der Waals surface area contributed by atoms with E-state index in [1.54, 1.807) is 6.20 Å². The van der Waals surface area contributed by atoms with Crippen molar-refractivity contribution in [3.05, 3.63) is 18.2 Å². The molecular formula is C10H19N3O. The number of imidazole rings is 1. The summed E-state index contributed by atoms with van der Waals surface area (Å²) in [5.41, 5.74) is 0. The van der Waals surface area contributed by atoms with Gasteiger partial charge in [-0.05, 0) is 6.92 Å². The second kappa shape index (κ2) is 5.12. The largest absolute Gasteiger partial charge is 0.395 e. The van der Waals surface area contributed by atoms with Crippen LogP contribution in [-0.4, -0.2) is 33.3 Å². The molecule has 0 aliphatic rings. The molecule has 0 saturated heterocycles. The van der Waals surface area contributed by atoms with Gasteiger partial charge in [-0.3, -0.25) is 0 Å². The number of aliphatic hydroxyl groups is 1. The van der Waals surface area contributed by atoms with Gasteiger partial charge in [0, 0.05) is 31.0 Å². The van der Waals surface area contributed by atoms with Crippen molar-refractivity contribution in [3.8, 4) is 0 Å². The van der Waals surface area contributed by atoms with E-state index < -0.39 is 0 Å². The predicted molar refractivity (Wildman–Crippen MR) is 56.1 cm³/mol. The van der Waals surface area contributed by atoms with E-state index in [-0.39, 0.29) is 12.6 Å². The lowest BCUT2D eigenvalue weighted by Gasteiger charge is -2.20. The lowest BCUT2D eigenvalue weighted by Crippen LogP contribution is -2.40. The molecule has 80 valence electrons. The Morgan fingerprint density at radius 3 is 2.71 bits per heavy atom. The molecule has 0 aliphatic heterocycles. The van der Waals surface area contributed by atoms with E-state index in [2.05, 4.69) is 24.1 Å². The summed E-state index contributed by atoms with van der Waals surface area (Å²) in [7, 11) is 0. The number of hydrogen-bond donors (Lipinski definition) is 2. The molecule has 1 heterocycles. The van der Waals surface area contributed by atoms with Crippen LogP contribution in [0.5, 0.6) is 0 Å². The fourth-order valence-corrected chi connectivity index (χ4v) is 1.47. The first-order valence-corrected chi connectivity index (χ1v) is 4.98.